The van der Waals surface area contributed by atoms with Gasteiger partial charge < -0.3 is 20.8 Å². The van der Waals surface area contributed by atoms with E-state index in [0.717, 1.165) is 15.6 Å². The second kappa shape index (κ2) is 6.48. The summed E-state index contributed by atoms with van der Waals surface area (Å²) in [5.41, 5.74) is 0.862. The maximum absolute atomic E-state index is 11.5. The molecule has 1 unspecified atom stereocenters. The summed E-state index contributed by atoms with van der Waals surface area (Å²) in [7, 11) is 0. The van der Waals surface area contributed by atoms with Gasteiger partial charge in [-0.2, -0.15) is 0 Å². The van der Waals surface area contributed by atoms with Gasteiger partial charge in [0.2, 0.25) is 0 Å². The molecular weight excluding hydrogens is 270 g/mol. The topological polar surface area (TPSA) is 112 Å². The molecule has 0 saturated heterocycles. The highest BCUT2D eigenvalue weighted by molar-refractivity contribution is 7.11. The zero-order chi connectivity index (χ0) is 14.6. The smallest absolute Gasteiger partial charge is 0.334 e. The van der Waals surface area contributed by atoms with Crippen molar-refractivity contribution in [2.45, 2.75) is 32.9 Å². The van der Waals surface area contributed by atoms with Crippen molar-refractivity contribution in [1.82, 2.24) is 15.6 Å². The number of hydrogen-bond donors (Lipinski definition) is 4. The highest BCUT2D eigenvalue weighted by atomic mass is 32.1. The molecule has 1 aromatic heterocycles. The molecule has 2 amide bonds. The third-order valence-electron chi connectivity index (χ3n) is 2.42. The predicted molar refractivity (Wildman–Crippen MR) is 70.2 cm³/mol. The van der Waals surface area contributed by atoms with E-state index in [1.807, 2.05) is 20.8 Å². The molecule has 0 aliphatic carbocycles. The van der Waals surface area contributed by atoms with Crippen LogP contribution in [0.4, 0.5) is 4.79 Å². The van der Waals surface area contributed by atoms with Gasteiger partial charge in [-0.25, -0.2) is 14.6 Å². The number of nitrogens with one attached hydrogen (secondary N) is 2. The largest absolute Gasteiger partial charge is 0.479 e. The molecule has 19 heavy (non-hydrogen) atoms. The van der Waals surface area contributed by atoms with Gasteiger partial charge in [0.15, 0.2) is 6.10 Å². The summed E-state index contributed by atoms with van der Waals surface area (Å²) >= 11 is 1.50. The lowest BCUT2D eigenvalue weighted by atomic mass is 10.2. The summed E-state index contributed by atoms with van der Waals surface area (Å²) < 4.78 is 0. The minimum absolute atomic E-state index is 0.229. The fourth-order valence-corrected chi connectivity index (χ4v) is 2.47. The maximum atomic E-state index is 11.5. The summed E-state index contributed by atoms with van der Waals surface area (Å²) in [5.74, 6) is -1.37. The van der Waals surface area contributed by atoms with Gasteiger partial charge in [-0.1, -0.05) is 0 Å². The fourth-order valence-electron chi connectivity index (χ4n) is 1.54. The molecule has 0 fully saturated rings. The van der Waals surface area contributed by atoms with Crippen molar-refractivity contribution < 1.29 is 19.8 Å². The van der Waals surface area contributed by atoms with E-state index in [2.05, 4.69) is 15.6 Å². The highest BCUT2D eigenvalue weighted by Gasteiger charge is 2.17. The van der Waals surface area contributed by atoms with Crippen LogP contribution in [0.5, 0.6) is 0 Å². The molecular formula is C11H17N3O4S. The number of aliphatic carboxylic acids is 1. The van der Waals surface area contributed by atoms with Crippen molar-refractivity contribution in [3.05, 3.63) is 15.6 Å². The Morgan fingerprint density at radius 3 is 2.53 bits per heavy atom. The third kappa shape index (κ3) is 4.49. The van der Waals surface area contributed by atoms with Crippen molar-refractivity contribution in [3.63, 3.8) is 0 Å². The second-order valence-corrected chi connectivity index (χ2v) is 5.35. The van der Waals surface area contributed by atoms with Crippen LogP contribution in [0, 0.1) is 13.8 Å². The number of aliphatic hydroxyl groups excluding tert-OH is 1. The number of rotatable bonds is 5. The molecule has 0 aliphatic rings. The number of aromatic nitrogens is 1. The number of carboxylic acids is 1. The Morgan fingerprint density at radius 1 is 1.42 bits per heavy atom. The van der Waals surface area contributed by atoms with E-state index >= 15 is 0 Å². The van der Waals surface area contributed by atoms with Gasteiger partial charge in [-0.05, 0) is 20.8 Å². The van der Waals surface area contributed by atoms with Crippen molar-refractivity contribution in [2.24, 2.45) is 0 Å². The molecule has 0 saturated carbocycles. The Bertz CT molecular complexity index is 475. The molecule has 0 aliphatic heterocycles. The summed E-state index contributed by atoms with van der Waals surface area (Å²) in [6, 6.07) is -0.758. The standard InChI is InChI=1S/C11H17N3O4S/c1-5-9(19-7(3)13-5)6(2)14-11(18)12-4-8(15)10(16)17/h6,8,15H,4H2,1-3H3,(H,16,17)(H2,12,14,18)/t6?,8-/m0/s1. The molecule has 2 atom stereocenters. The zero-order valence-electron chi connectivity index (χ0n) is 10.9. The van der Waals surface area contributed by atoms with Gasteiger partial charge in [0.05, 0.1) is 23.3 Å². The molecule has 0 bridgehead atoms. The minimum atomic E-state index is -1.60. The van der Waals surface area contributed by atoms with Gasteiger partial charge in [-0.15, -0.1) is 11.3 Å². The van der Waals surface area contributed by atoms with Gasteiger partial charge in [0, 0.05) is 4.88 Å². The average molecular weight is 287 g/mol. The number of amides is 2. The van der Waals surface area contributed by atoms with Crippen molar-refractivity contribution in [3.8, 4) is 0 Å². The number of carboxylic acid groups (broad SMARTS) is 1. The molecule has 4 N–H and O–H groups in total. The summed E-state index contributed by atoms with van der Waals surface area (Å²) in [4.78, 5) is 27.1. The van der Waals surface area contributed by atoms with E-state index < -0.39 is 18.1 Å². The van der Waals surface area contributed by atoms with Crippen LogP contribution in [0.1, 0.15) is 28.5 Å². The molecule has 1 aromatic rings. The Morgan fingerprint density at radius 2 is 2.05 bits per heavy atom. The number of urea groups is 1. The quantitative estimate of drug-likeness (QED) is 0.632. The Labute approximate surface area is 114 Å². The first-order chi connectivity index (χ1) is 8.81. The van der Waals surface area contributed by atoms with Crippen LogP contribution in [-0.4, -0.2) is 39.8 Å². The van der Waals surface area contributed by atoms with Crippen molar-refractivity contribution >= 4 is 23.3 Å². The van der Waals surface area contributed by atoms with Crippen LogP contribution < -0.4 is 10.6 Å². The van der Waals surface area contributed by atoms with Crippen LogP contribution in [0.25, 0.3) is 0 Å². The van der Waals surface area contributed by atoms with E-state index in [1.165, 1.54) is 11.3 Å². The zero-order valence-corrected chi connectivity index (χ0v) is 11.7. The lowest BCUT2D eigenvalue weighted by Crippen LogP contribution is -2.42. The van der Waals surface area contributed by atoms with Gasteiger partial charge in [-0.3, -0.25) is 0 Å². The van der Waals surface area contributed by atoms with Crippen LogP contribution >= 0.6 is 11.3 Å². The number of aryl methyl sites for hydroxylation is 2. The summed E-state index contributed by atoms with van der Waals surface area (Å²) in [6.07, 6.45) is -1.60. The lowest BCUT2D eigenvalue weighted by molar-refractivity contribution is -0.146. The molecule has 7 nitrogen and oxygen atoms in total. The van der Waals surface area contributed by atoms with E-state index in [1.54, 1.807) is 0 Å². The van der Waals surface area contributed by atoms with Crippen LogP contribution in [0.3, 0.4) is 0 Å². The van der Waals surface area contributed by atoms with E-state index in [-0.39, 0.29) is 12.6 Å². The highest BCUT2D eigenvalue weighted by Crippen LogP contribution is 2.24. The molecule has 0 aromatic carbocycles. The minimum Gasteiger partial charge on any atom is -0.479 e. The van der Waals surface area contributed by atoms with E-state index in [0.29, 0.717) is 0 Å². The summed E-state index contributed by atoms with van der Waals surface area (Å²) in [5, 5.41) is 23.4. The number of aliphatic hydroxyl groups is 1. The Kier molecular flexibility index (Phi) is 5.25. The van der Waals surface area contributed by atoms with Crippen molar-refractivity contribution in [2.75, 3.05) is 6.54 Å². The van der Waals surface area contributed by atoms with Gasteiger partial charge in [0.25, 0.3) is 0 Å². The number of carbonyl (C=O) groups excluding carboxylic acids is 1. The maximum Gasteiger partial charge on any atom is 0.334 e. The average Bonchev–Trinajstić information content (AvgIpc) is 2.65. The first-order valence-electron chi connectivity index (χ1n) is 5.70. The van der Waals surface area contributed by atoms with Crippen LogP contribution in [0.15, 0.2) is 0 Å². The molecule has 0 spiro atoms. The summed E-state index contributed by atoms with van der Waals surface area (Å²) in [6.45, 7) is 5.22. The normalized spacial score (nSPS) is 13.7. The molecule has 106 valence electrons. The Hall–Kier alpha value is -1.67. The monoisotopic (exact) mass is 287 g/mol. The first kappa shape index (κ1) is 15.4. The third-order valence-corrected chi connectivity index (χ3v) is 3.68. The SMILES string of the molecule is Cc1nc(C)c(C(C)NC(=O)NC[C@H](O)C(=O)O)s1. The molecule has 1 rings (SSSR count). The number of thiazole rings is 1. The molecule has 8 heteroatoms. The van der Waals surface area contributed by atoms with E-state index in [4.69, 9.17) is 10.2 Å². The number of nitrogens with zero attached hydrogens (tertiary/aromatic N) is 1. The van der Waals surface area contributed by atoms with Gasteiger partial charge in [0.1, 0.15) is 0 Å². The van der Waals surface area contributed by atoms with E-state index in [9.17, 15) is 9.59 Å². The van der Waals surface area contributed by atoms with Crippen LogP contribution in [-0.2, 0) is 4.79 Å². The molecule has 0 radical (unpaired) electrons. The fraction of sp³-hybridized carbons (Fsp3) is 0.545. The first-order valence-corrected chi connectivity index (χ1v) is 6.52. The van der Waals surface area contributed by atoms with Crippen molar-refractivity contribution in [1.29, 1.82) is 0 Å². The number of hydrogen-bond acceptors (Lipinski definition) is 5. The van der Waals surface area contributed by atoms with Gasteiger partial charge >= 0.3 is 12.0 Å². The predicted octanol–water partition coefficient (Wildman–Crippen LogP) is 0.566. The van der Waals surface area contributed by atoms with Crippen LogP contribution in [0.2, 0.25) is 0 Å². The number of carbonyl (C=O) groups is 2. The molecule has 1 heterocycles. The lowest BCUT2D eigenvalue weighted by Gasteiger charge is -2.14. The second-order valence-electron chi connectivity index (χ2n) is 4.11. The Balaban J connectivity index is 2.48.